The number of carbonyl (C=O) groups is 2. The normalized spacial score (nSPS) is 16.9. The Bertz CT molecular complexity index is 751. The first-order valence-electron chi connectivity index (χ1n) is 9.87. The van der Waals surface area contributed by atoms with Gasteiger partial charge in [-0.1, -0.05) is 6.07 Å². The van der Waals surface area contributed by atoms with Gasteiger partial charge in [-0.05, 0) is 51.7 Å². The smallest absolute Gasteiger partial charge is 0.410 e. The number of carbonyl (C=O) groups excluding carboxylic acids is 2. The standard InChI is InChI=1S/C21H30F2N2O5/c1-21(2,3)30-20(27)24(4)12-14-8-7-11-25(13-14)18(26)15-9-6-10-16(28-5)17(15)29-19(22)23/h6,9-10,14,19H,7-8,11-13H2,1-5H3. The third kappa shape index (κ3) is 6.47. The Morgan fingerprint density at radius 3 is 2.60 bits per heavy atom. The molecule has 1 aliphatic rings. The van der Waals surface area contributed by atoms with Crippen LogP contribution in [0.1, 0.15) is 44.0 Å². The van der Waals surface area contributed by atoms with Crippen LogP contribution in [0.25, 0.3) is 0 Å². The fourth-order valence-electron chi connectivity index (χ4n) is 3.43. The lowest BCUT2D eigenvalue weighted by atomic mass is 9.96. The fraction of sp³-hybridized carbons (Fsp3) is 0.619. The topological polar surface area (TPSA) is 68.3 Å². The van der Waals surface area contributed by atoms with Gasteiger partial charge in [0.15, 0.2) is 11.5 Å². The van der Waals surface area contributed by atoms with Crippen molar-refractivity contribution in [1.82, 2.24) is 9.80 Å². The second-order valence-electron chi connectivity index (χ2n) is 8.34. The zero-order chi connectivity index (χ0) is 22.5. The molecule has 1 aliphatic heterocycles. The van der Waals surface area contributed by atoms with Crippen LogP contribution in [0.3, 0.4) is 0 Å². The maximum Gasteiger partial charge on any atom is 0.410 e. The Kier molecular flexibility index (Phi) is 7.86. The summed E-state index contributed by atoms with van der Waals surface area (Å²) in [4.78, 5) is 28.4. The molecule has 9 heteroatoms. The van der Waals surface area contributed by atoms with Gasteiger partial charge in [-0.2, -0.15) is 8.78 Å². The molecule has 1 unspecified atom stereocenters. The van der Waals surface area contributed by atoms with Gasteiger partial charge in [0.25, 0.3) is 5.91 Å². The Hall–Kier alpha value is -2.58. The number of para-hydroxylation sites is 1. The zero-order valence-electron chi connectivity index (χ0n) is 18.1. The van der Waals surface area contributed by atoms with Crippen LogP contribution in [-0.2, 0) is 4.74 Å². The average molecular weight is 428 g/mol. The second kappa shape index (κ2) is 9.95. The number of halogens is 2. The van der Waals surface area contributed by atoms with Gasteiger partial charge in [0.1, 0.15) is 5.60 Å². The number of amides is 2. The summed E-state index contributed by atoms with van der Waals surface area (Å²) < 4.78 is 40.8. The SMILES string of the molecule is COc1cccc(C(=O)N2CCCC(CN(C)C(=O)OC(C)(C)C)C2)c1OC(F)F. The number of hydrogen-bond acceptors (Lipinski definition) is 5. The molecule has 1 aromatic rings. The molecule has 0 bridgehead atoms. The summed E-state index contributed by atoms with van der Waals surface area (Å²) >= 11 is 0. The summed E-state index contributed by atoms with van der Waals surface area (Å²) in [6.45, 7) is 3.64. The molecule has 1 fully saturated rings. The minimum Gasteiger partial charge on any atom is -0.493 e. The quantitative estimate of drug-likeness (QED) is 0.685. The van der Waals surface area contributed by atoms with Crippen molar-refractivity contribution in [1.29, 1.82) is 0 Å². The molecule has 1 heterocycles. The summed E-state index contributed by atoms with van der Waals surface area (Å²) in [6.07, 6.45) is 1.16. The number of benzene rings is 1. The molecule has 0 aliphatic carbocycles. The minimum absolute atomic E-state index is 0.0239. The molecular weight excluding hydrogens is 398 g/mol. The lowest BCUT2D eigenvalue weighted by Gasteiger charge is -2.35. The number of rotatable bonds is 6. The van der Waals surface area contributed by atoms with Crippen LogP contribution >= 0.6 is 0 Å². The van der Waals surface area contributed by atoms with Crippen LogP contribution in [-0.4, -0.2) is 67.8 Å². The lowest BCUT2D eigenvalue weighted by Crippen LogP contribution is -2.45. The molecule has 2 rings (SSSR count). The van der Waals surface area contributed by atoms with Gasteiger partial charge >= 0.3 is 12.7 Å². The molecule has 0 aromatic heterocycles. The fourth-order valence-corrected chi connectivity index (χ4v) is 3.43. The first-order chi connectivity index (χ1) is 14.0. The van der Waals surface area contributed by atoms with Crippen molar-refractivity contribution in [2.75, 3.05) is 33.8 Å². The molecule has 1 aromatic carbocycles. The first-order valence-corrected chi connectivity index (χ1v) is 9.87. The van der Waals surface area contributed by atoms with E-state index in [2.05, 4.69) is 4.74 Å². The average Bonchev–Trinajstić information content (AvgIpc) is 2.66. The maximum atomic E-state index is 13.1. The van der Waals surface area contributed by atoms with Gasteiger partial charge < -0.3 is 24.0 Å². The molecule has 30 heavy (non-hydrogen) atoms. The van der Waals surface area contributed by atoms with Crippen molar-refractivity contribution in [3.8, 4) is 11.5 Å². The number of alkyl halides is 2. The summed E-state index contributed by atoms with van der Waals surface area (Å²) in [5.74, 6) is -0.563. The predicted octanol–water partition coefficient (Wildman–Crippen LogP) is 4.02. The number of ether oxygens (including phenoxy) is 3. The maximum absolute atomic E-state index is 13.1. The highest BCUT2D eigenvalue weighted by atomic mass is 19.3. The van der Waals surface area contributed by atoms with E-state index < -0.39 is 24.2 Å². The molecule has 7 nitrogen and oxygen atoms in total. The van der Waals surface area contributed by atoms with Crippen molar-refractivity contribution < 1.29 is 32.6 Å². The third-order valence-corrected chi connectivity index (χ3v) is 4.68. The predicted molar refractivity (Wildman–Crippen MR) is 107 cm³/mol. The highest BCUT2D eigenvalue weighted by molar-refractivity contribution is 5.98. The van der Waals surface area contributed by atoms with Crippen molar-refractivity contribution in [2.45, 2.75) is 45.8 Å². The Morgan fingerprint density at radius 1 is 1.30 bits per heavy atom. The van der Waals surface area contributed by atoms with Crippen LogP contribution in [0.15, 0.2) is 18.2 Å². The monoisotopic (exact) mass is 428 g/mol. The van der Waals surface area contributed by atoms with Crippen LogP contribution in [0.5, 0.6) is 11.5 Å². The van der Waals surface area contributed by atoms with E-state index in [4.69, 9.17) is 9.47 Å². The van der Waals surface area contributed by atoms with Crippen molar-refractivity contribution in [3.05, 3.63) is 23.8 Å². The van der Waals surface area contributed by atoms with Gasteiger partial charge in [-0.15, -0.1) is 0 Å². The summed E-state index contributed by atoms with van der Waals surface area (Å²) in [5, 5.41) is 0. The number of hydrogen-bond donors (Lipinski definition) is 0. The zero-order valence-corrected chi connectivity index (χ0v) is 18.1. The van der Waals surface area contributed by atoms with Gasteiger partial charge in [-0.3, -0.25) is 4.79 Å². The van der Waals surface area contributed by atoms with E-state index in [0.717, 1.165) is 12.8 Å². The number of nitrogens with zero attached hydrogens (tertiary/aromatic N) is 2. The van der Waals surface area contributed by atoms with E-state index in [-0.39, 0.29) is 23.0 Å². The van der Waals surface area contributed by atoms with Crippen molar-refractivity contribution in [2.24, 2.45) is 5.92 Å². The molecule has 0 spiro atoms. The highest BCUT2D eigenvalue weighted by Gasteiger charge is 2.30. The Morgan fingerprint density at radius 2 is 2.00 bits per heavy atom. The van der Waals surface area contributed by atoms with Gasteiger partial charge in [-0.25, -0.2) is 4.79 Å². The molecular formula is C21H30F2N2O5. The van der Waals surface area contributed by atoms with Crippen molar-refractivity contribution in [3.63, 3.8) is 0 Å². The van der Waals surface area contributed by atoms with E-state index >= 15 is 0 Å². The van der Waals surface area contributed by atoms with Crippen LogP contribution in [0, 0.1) is 5.92 Å². The molecule has 0 saturated carbocycles. The molecule has 0 radical (unpaired) electrons. The largest absolute Gasteiger partial charge is 0.493 e. The molecule has 0 N–H and O–H groups in total. The van der Waals surface area contributed by atoms with Crippen LogP contribution in [0.4, 0.5) is 13.6 Å². The van der Waals surface area contributed by atoms with Gasteiger partial charge in [0.2, 0.25) is 0 Å². The molecule has 2 amide bonds. The highest BCUT2D eigenvalue weighted by Crippen LogP contribution is 2.34. The number of methoxy groups -OCH3 is 1. The van der Waals surface area contributed by atoms with E-state index in [9.17, 15) is 18.4 Å². The summed E-state index contributed by atoms with van der Waals surface area (Å²) in [5.41, 5.74) is -0.566. The minimum atomic E-state index is -3.08. The summed E-state index contributed by atoms with van der Waals surface area (Å²) in [7, 11) is 2.98. The Balaban J connectivity index is 2.10. The second-order valence-corrected chi connectivity index (χ2v) is 8.34. The van der Waals surface area contributed by atoms with E-state index in [1.54, 1.807) is 38.8 Å². The molecule has 1 saturated heterocycles. The first kappa shape index (κ1) is 23.7. The van der Waals surface area contributed by atoms with Gasteiger partial charge in [0.05, 0.1) is 12.7 Å². The van der Waals surface area contributed by atoms with E-state index in [0.29, 0.717) is 19.6 Å². The third-order valence-electron chi connectivity index (χ3n) is 4.68. The van der Waals surface area contributed by atoms with Crippen LogP contribution in [0.2, 0.25) is 0 Å². The molecule has 1 atom stereocenters. The number of likely N-dealkylation sites (tertiary alicyclic amines) is 1. The Labute approximate surface area is 175 Å². The lowest BCUT2D eigenvalue weighted by molar-refractivity contribution is -0.0517. The molecule has 168 valence electrons. The van der Waals surface area contributed by atoms with Crippen molar-refractivity contribution >= 4 is 12.0 Å². The van der Waals surface area contributed by atoms with E-state index in [1.807, 2.05) is 0 Å². The number of piperidine rings is 1. The summed E-state index contributed by atoms with van der Waals surface area (Å²) in [6, 6.07) is 4.46. The van der Waals surface area contributed by atoms with Crippen LogP contribution < -0.4 is 9.47 Å². The van der Waals surface area contributed by atoms with E-state index in [1.165, 1.54) is 24.1 Å². The van der Waals surface area contributed by atoms with Gasteiger partial charge in [0, 0.05) is 26.7 Å².